The molecule has 0 spiro atoms. The summed E-state index contributed by atoms with van der Waals surface area (Å²) in [5.74, 6) is -0.374. The van der Waals surface area contributed by atoms with Crippen LogP contribution in [0.4, 0.5) is 8.78 Å². The maximum atomic E-state index is 13.7. The van der Waals surface area contributed by atoms with Crippen LogP contribution in [0.1, 0.15) is 16.7 Å². The Morgan fingerprint density at radius 1 is 1.03 bits per heavy atom. The molecule has 0 aliphatic carbocycles. The molecule has 2 aromatic carbocycles. The topological polar surface area (TPSA) is 48.9 Å². The van der Waals surface area contributed by atoms with Crippen molar-refractivity contribution < 1.29 is 13.5 Å². The molecule has 1 aliphatic rings. The van der Waals surface area contributed by atoms with Crippen LogP contribution in [0.5, 0.6) is 0 Å². The lowest BCUT2D eigenvalue weighted by Gasteiger charge is -2.26. The molecule has 0 amide bonds. The molecule has 0 atom stereocenters. The first-order chi connectivity index (χ1) is 13.6. The number of hydrogen-bond acceptors (Lipinski definition) is 3. The number of morpholine rings is 1. The SMILES string of the molecule is CN=C(NCc1cccc(CN2CCOCC2)c1)NCc1cc(F)ccc1F.I. The van der Waals surface area contributed by atoms with Crippen LogP contribution in [0.25, 0.3) is 0 Å². The van der Waals surface area contributed by atoms with E-state index in [0.29, 0.717) is 12.5 Å². The van der Waals surface area contributed by atoms with Gasteiger partial charge in [-0.15, -0.1) is 24.0 Å². The van der Waals surface area contributed by atoms with Crippen LogP contribution in [0.15, 0.2) is 47.5 Å². The van der Waals surface area contributed by atoms with Gasteiger partial charge >= 0.3 is 0 Å². The van der Waals surface area contributed by atoms with E-state index >= 15 is 0 Å². The van der Waals surface area contributed by atoms with Crippen LogP contribution in [0, 0.1) is 11.6 Å². The van der Waals surface area contributed by atoms with Crippen molar-refractivity contribution in [2.75, 3.05) is 33.4 Å². The fourth-order valence-electron chi connectivity index (χ4n) is 3.12. The highest BCUT2D eigenvalue weighted by atomic mass is 127. The molecule has 8 heteroatoms. The lowest BCUT2D eigenvalue weighted by Crippen LogP contribution is -2.36. The number of benzene rings is 2. The van der Waals surface area contributed by atoms with Gasteiger partial charge in [-0.3, -0.25) is 9.89 Å². The van der Waals surface area contributed by atoms with Gasteiger partial charge in [0.2, 0.25) is 0 Å². The van der Waals surface area contributed by atoms with Crippen molar-refractivity contribution in [2.45, 2.75) is 19.6 Å². The van der Waals surface area contributed by atoms with E-state index in [9.17, 15) is 8.78 Å². The summed E-state index contributed by atoms with van der Waals surface area (Å²) in [7, 11) is 1.64. The zero-order chi connectivity index (χ0) is 19.8. The highest BCUT2D eigenvalue weighted by Gasteiger charge is 2.11. The van der Waals surface area contributed by atoms with Crippen LogP contribution >= 0.6 is 24.0 Å². The first-order valence-corrected chi connectivity index (χ1v) is 9.40. The number of nitrogens with zero attached hydrogens (tertiary/aromatic N) is 2. The van der Waals surface area contributed by atoms with Crippen molar-refractivity contribution >= 4 is 29.9 Å². The van der Waals surface area contributed by atoms with E-state index in [2.05, 4.69) is 38.7 Å². The van der Waals surface area contributed by atoms with Gasteiger partial charge in [0.15, 0.2) is 5.96 Å². The molecule has 0 unspecified atom stereocenters. The Morgan fingerprint density at radius 3 is 2.52 bits per heavy atom. The number of guanidine groups is 1. The van der Waals surface area contributed by atoms with Crippen LogP contribution in [0.2, 0.25) is 0 Å². The Morgan fingerprint density at radius 2 is 1.76 bits per heavy atom. The number of nitrogens with one attached hydrogen (secondary N) is 2. The number of rotatable bonds is 6. The van der Waals surface area contributed by atoms with Crippen molar-refractivity contribution in [1.29, 1.82) is 0 Å². The van der Waals surface area contributed by atoms with Crippen LogP contribution in [0.3, 0.4) is 0 Å². The lowest BCUT2D eigenvalue weighted by atomic mass is 10.1. The summed E-state index contributed by atoms with van der Waals surface area (Å²) >= 11 is 0. The molecule has 5 nitrogen and oxygen atoms in total. The Kier molecular flexibility index (Phi) is 9.75. The quantitative estimate of drug-likeness (QED) is 0.352. The van der Waals surface area contributed by atoms with Crippen molar-refractivity contribution in [3.63, 3.8) is 0 Å². The number of hydrogen-bond donors (Lipinski definition) is 2. The summed E-state index contributed by atoms with van der Waals surface area (Å²) in [6.07, 6.45) is 0. The second-order valence-corrected chi connectivity index (χ2v) is 6.72. The molecule has 1 saturated heterocycles. The zero-order valence-electron chi connectivity index (χ0n) is 16.5. The first kappa shape index (κ1) is 23.5. The molecule has 29 heavy (non-hydrogen) atoms. The Balaban J connectivity index is 0.00000300. The molecule has 0 saturated carbocycles. The van der Waals surface area contributed by atoms with Crippen molar-refractivity contribution in [1.82, 2.24) is 15.5 Å². The van der Waals surface area contributed by atoms with Gasteiger partial charge in [0.05, 0.1) is 13.2 Å². The van der Waals surface area contributed by atoms with Gasteiger partial charge in [-0.2, -0.15) is 0 Å². The van der Waals surface area contributed by atoms with E-state index in [0.717, 1.165) is 50.5 Å². The minimum Gasteiger partial charge on any atom is -0.379 e. The van der Waals surface area contributed by atoms with Crippen LogP contribution in [-0.2, 0) is 24.4 Å². The fraction of sp³-hybridized carbons (Fsp3) is 0.381. The summed E-state index contributed by atoms with van der Waals surface area (Å²) in [6, 6.07) is 11.8. The molecule has 1 aliphatic heterocycles. The third kappa shape index (κ3) is 7.52. The van der Waals surface area contributed by atoms with Gasteiger partial charge < -0.3 is 15.4 Å². The molecule has 0 aromatic heterocycles. The molecule has 0 bridgehead atoms. The van der Waals surface area contributed by atoms with E-state index in [4.69, 9.17) is 4.74 Å². The molecule has 1 heterocycles. The maximum absolute atomic E-state index is 13.7. The minimum absolute atomic E-state index is 0. The predicted molar refractivity (Wildman–Crippen MR) is 121 cm³/mol. The zero-order valence-corrected chi connectivity index (χ0v) is 18.8. The summed E-state index contributed by atoms with van der Waals surface area (Å²) in [6.45, 7) is 5.13. The first-order valence-electron chi connectivity index (χ1n) is 9.40. The van der Waals surface area contributed by atoms with Gasteiger partial charge in [-0.05, 0) is 29.3 Å². The highest BCUT2D eigenvalue weighted by molar-refractivity contribution is 14.0. The monoisotopic (exact) mass is 516 g/mol. The third-order valence-electron chi connectivity index (χ3n) is 4.64. The average molecular weight is 516 g/mol. The summed E-state index contributed by atoms with van der Waals surface area (Å²) in [5, 5.41) is 6.22. The van der Waals surface area contributed by atoms with E-state index in [1.54, 1.807) is 7.05 Å². The van der Waals surface area contributed by atoms with E-state index in [1.807, 2.05) is 6.07 Å². The highest BCUT2D eigenvalue weighted by Crippen LogP contribution is 2.11. The largest absolute Gasteiger partial charge is 0.379 e. The van der Waals surface area contributed by atoms with E-state index < -0.39 is 11.6 Å². The normalized spacial score (nSPS) is 14.9. The van der Waals surface area contributed by atoms with Gasteiger partial charge in [-0.1, -0.05) is 24.3 Å². The molecular weight excluding hydrogens is 489 g/mol. The molecule has 2 N–H and O–H groups in total. The molecule has 0 radical (unpaired) electrons. The Labute approximate surface area is 187 Å². The number of ether oxygens (including phenoxy) is 1. The second-order valence-electron chi connectivity index (χ2n) is 6.72. The van der Waals surface area contributed by atoms with Crippen LogP contribution < -0.4 is 10.6 Å². The maximum Gasteiger partial charge on any atom is 0.191 e. The summed E-state index contributed by atoms with van der Waals surface area (Å²) < 4.78 is 32.4. The van der Waals surface area contributed by atoms with Gasteiger partial charge in [-0.25, -0.2) is 8.78 Å². The van der Waals surface area contributed by atoms with Crippen molar-refractivity contribution in [3.05, 3.63) is 70.8 Å². The summed E-state index contributed by atoms with van der Waals surface area (Å²) in [5.41, 5.74) is 2.65. The van der Waals surface area contributed by atoms with E-state index in [-0.39, 0.29) is 36.1 Å². The van der Waals surface area contributed by atoms with E-state index in [1.165, 1.54) is 11.6 Å². The molecule has 3 rings (SSSR count). The van der Waals surface area contributed by atoms with Crippen LogP contribution in [-0.4, -0.2) is 44.2 Å². The second kappa shape index (κ2) is 12.0. The Hall–Kier alpha value is -1.78. The van der Waals surface area contributed by atoms with Gasteiger partial charge in [0, 0.05) is 45.3 Å². The molecule has 158 valence electrons. The molecular formula is C21H27F2IN4O. The van der Waals surface area contributed by atoms with Crippen molar-refractivity contribution in [3.8, 4) is 0 Å². The number of halogens is 3. The standard InChI is InChI=1S/C21H26F2N4O.HI/c1-24-21(26-14-18-12-19(22)5-6-20(18)23)25-13-16-3-2-4-17(11-16)15-27-7-9-28-10-8-27;/h2-6,11-12H,7-10,13-15H2,1H3,(H2,24,25,26);1H. The summed E-state index contributed by atoms with van der Waals surface area (Å²) in [4.78, 5) is 6.52. The fourth-order valence-corrected chi connectivity index (χ4v) is 3.12. The van der Waals surface area contributed by atoms with Gasteiger partial charge in [0.25, 0.3) is 0 Å². The molecule has 1 fully saturated rings. The lowest BCUT2D eigenvalue weighted by molar-refractivity contribution is 0.0342. The minimum atomic E-state index is -0.460. The third-order valence-corrected chi connectivity index (χ3v) is 4.64. The Bertz CT molecular complexity index is 813. The smallest absolute Gasteiger partial charge is 0.191 e. The average Bonchev–Trinajstić information content (AvgIpc) is 2.71. The number of aliphatic imine (C=N–C) groups is 1. The van der Waals surface area contributed by atoms with Gasteiger partial charge in [0.1, 0.15) is 11.6 Å². The van der Waals surface area contributed by atoms with Crippen molar-refractivity contribution in [2.24, 2.45) is 4.99 Å². The predicted octanol–water partition coefficient (Wildman–Crippen LogP) is 3.28. The molecule has 2 aromatic rings.